The molecular formula is C14H15BrN2O2. The van der Waals surface area contributed by atoms with Gasteiger partial charge >= 0.3 is 5.97 Å². The summed E-state index contributed by atoms with van der Waals surface area (Å²) in [5.74, 6) is 0.263. The highest BCUT2D eigenvalue weighted by Gasteiger charge is 2.19. The second-order valence-electron chi connectivity index (χ2n) is 4.37. The van der Waals surface area contributed by atoms with Gasteiger partial charge in [-0.05, 0) is 31.5 Å². The molecule has 0 aliphatic carbocycles. The average molecular weight is 323 g/mol. The Labute approximate surface area is 120 Å². The topological polar surface area (TPSA) is 55.0 Å². The van der Waals surface area contributed by atoms with Gasteiger partial charge in [-0.3, -0.25) is 0 Å². The normalized spacial score (nSPS) is 12.4. The molecular weight excluding hydrogens is 308 g/mol. The number of aromatic nitrogens is 2. The summed E-state index contributed by atoms with van der Waals surface area (Å²) in [7, 11) is 0. The molecule has 0 bridgehead atoms. The van der Waals surface area contributed by atoms with Crippen molar-refractivity contribution in [1.82, 2.24) is 9.97 Å². The van der Waals surface area contributed by atoms with Crippen molar-refractivity contribution in [3.63, 3.8) is 0 Å². The number of aromatic amines is 1. The van der Waals surface area contributed by atoms with Crippen molar-refractivity contribution >= 4 is 32.9 Å². The van der Waals surface area contributed by atoms with E-state index in [2.05, 4.69) is 32.5 Å². The third-order valence-corrected chi connectivity index (χ3v) is 3.23. The molecule has 0 aliphatic heterocycles. The molecule has 1 aromatic carbocycles. The quantitative estimate of drug-likeness (QED) is 0.686. The highest BCUT2D eigenvalue weighted by molar-refractivity contribution is 9.10. The first kappa shape index (κ1) is 13.8. The summed E-state index contributed by atoms with van der Waals surface area (Å²) in [5, 5.41) is 0. The predicted octanol–water partition coefficient (Wildman–Crippen LogP) is 3.90. The first-order valence-electron chi connectivity index (χ1n) is 6.03. The van der Waals surface area contributed by atoms with Crippen LogP contribution in [0.2, 0.25) is 0 Å². The van der Waals surface area contributed by atoms with E-state index >= 15 is 0 Å². The first-order chi connectivity index (χ1) is 9.01. The van der Waals surface area contributed by atoms with Crippen LogP contribution in [0, 0.1) is 0 Å². The number of esters is 1. The van der Waals surface area contributed by atoms with Gasteiger partial charge in [0.15, 0.2) is 6.10 Å². The van der Waals surface area contributed by atoms with Crippen molar-refractivity contribution in [2.24, 2.45) is 0 Å². The lowest BCUT2D eigenvalue weighted by molar-refractivity contribution is -0.145. The summed E-state index contributed by atoms with van der Waals surface area (Å²) in [6.07, 6.45) is 0.274. The third-order valence-electron chi connectivity index (χ3n) is 2.74. The molecule has 1 N–H and O–H groups in total. The van der Waals surface area contributed by atoms with E-state index < -0.39 is 5.97 Å². The van der Waals surface area contributed by atoms with E-state index in [0.717, 1.165) is 15.5 Å². The van der Waals surface area contributed by atoms with Gasteiger partial charge < -0.3 is 9.72 Å². The van der Waals surface area contributed by atoms with Crippen LogP contribution < -0.4 is 0 Å². The molecule has 1 atom stereocenters. The van der Waals surface area contributed by atoms with Gasteiger partial charge in [0, 0.05) is 10.0 Å². The van der Waals surface area contributed by atoms with Crippen molar-refractivity contribution < 1.29 is 9.53 Å². The molecule has 0 saturated carbocycles. The smallest absolute Gasteiger partial charge is 0.333 e. The lowest BCUT2D eigenvalue weighted by atomic mass is 10.2. The van der Waals surface area contributed by atoms with Crippen molar-refractivity contribution in [3.05, 3.63) is 40.6 Å². The summed E-state index contributed by atoms with van der Waals surface area (Å²) >= 11 is 3.41. The number of nitrogens with one attached hydrogen (secondary N) is 1. The van der Waals surface area contributed by atoms with Gasteiger partial charge in [-0.25, -0.2) is 9.78 Å². The highest BCUT2D eigenvalue weighted by Crippen LogP contribution is 2.24. The molecule has 0 fully saturated rings. The zero-order valence-electron chi connectivity index (χ0n) is 10.9. The predicted molar refractivity (Wildman–Crippen MR) is 77.7 cm³/mol. The maximum Gasteiger partial charge on any atom is 0.333 e. The Kier molecular flexibility index (Phi) is 4.04. The largest absolute Gasteiger partial charge is 0.451 e. The molecule has 0 saturated heterocycles. The number of ether oxygens (including phenoxy) is 1. The van der Waals surface area contributed by atoms with E-state index in [4.69, 9.17) is 4.74 Å². The highest BCUT2D eigenvalue weighted by atomic mass is 79.9. The lowest BCUT2D eigenvalue weighted by Gasteiger charge is -2.13. The number of H-pyrrole nitrogens is 1. The van der Waals surface area contributed by atoms with Crippen molar-refractivity contribution in [3.8, 4) is 0 Å². The molecule has 1 heterocycles. The molecule has 0 spiro atoms. The Morgan fingerprint density at radius 3 is 2.95 bits per heavy atom. The number of imidazole rings is 1. The fraction of sp³-hybridized carbons (Fsp3) is 0.286. The van der Waals surface area contributed by atoms with Crippen LogP contribution in [-0.2, 0) is 9.53 Å². The Bertz CT molecular complexity index is 633. The molecule has 1 aromatic heterocycles. The maximum absolute atomic E-state index is 11.6. The van der Waals surface area contributed by atoms with Crippen LogP contribution in [0.25, 0.3) is 11.0 Å². The summed E-state index contributed by atoms with van der Waals surface area (Å²) in [4.78, 5) is 19.2. The molecule has 0 aliphatic rings. The standard InChI is InChI=1S/C14H15BrN2O2/c1-4-12(19-14(18)8(2)3)13-16-10-6-5-9(15)7-11(10)17-13/h5-7,12H,2,4H2,1,3H3,(H,16,17). The van der Waals surface area contributed by atoms with E-state index in [0.29, 0.717) is 17.8 Å². The molecule has 100 valence electrons. The van der Waals surface area contributed by atoms with Gasteiger partial charge in [-0.1, -0.05) is 29.4 Å². The zero-order valence-corrected chi connectivity index (χ0v) is 12.5. The Morgan fingerprint density at radius 2 is 2.32 bits per heavy atom. The molecule has 4 nitrogen and oxygen atoms in total. The minimum Gasteiger partial charge on any atom is -0.451 e. The molecule has 1 unspecified atom stereocenters. The fourth-order valence-corrected chi connectivity index (χ4v) is 2.08. The molecule has 5 heteroatoms. The number of carbonyl (C=O) groups is 1. The van der Waals surface area contributed by atoms with Crippen LogP contribution >= 0.6 is 15.9 Å². The van der Waals surface area contributed by atoms with Crippen molar-refractivity contribution in [2.45, 2.75) is 26.4 Å². The van der Waals surface area contributed by atoms with Crippen molar-refractivity contribution in [1.29, 1.82) is 0 Å². The van der Waals surface area contributed by atoms with Crippen LogP contribution in [-0.4, -0.2) is 15.9 Å². The number of nitrogens with zero attached hydrogens (tertiary/aromatic N) is 1. The van der Waals surface area contributed by atoms with E-state index in [1.54, 1.807) is 6.92 Å². The third kappa shape index (κ3) is 3.04. The Morgan fingerprint density at radius 1 is 1.58 bits per heavy atom. The van der Waals surface area contributed by atoms with Gasteiger partial charge in [0.05, 0.1) is 11.0 Å². The number of rotatable bonds is 4. The molecule has 2 aromatic rings. The average Bonchev–Trinajstić information content (AvgIpc) is 2.77. The molecule has 2 rings (SSSR count). The maximum atomic E-state index is 11.6. The summed E-state index contributed by atoms with van der Waals surface area (Å²) in [6.45, 7) is 7.15. The second kappa shape index (κ2) is 5.57. The second-order valence-corrected chi connectivity index (χ2v) is 5.28. The van der Waals surface area contributed by atoms with Crippen LogP contribution in [0.5, 0.6) is 0 Å². The number of carbonyl (C=O) groups excluding carboxylic acids is 1. The van der Waals surface area contributed by atoms with Crippen LogP contribution in [0.1, 0.15) is 32.2 Å². The van der Waals surface area contributed by atoms with Crippen LogP contribution in [0.15, 0.2) is 34.8 Å². The minimum absolute atomic E-state index is 0.379. The number of benzene rings is 1. The summed E-state index contributed by atoms with van der Waals surface area (Å²) < 4.78 is 6.34. The number of hydrogen-bond acceptors (Lipinski definition) is 3. The van der Waals surface area contributed by atoms with Crippen molar-refractivity contribution in [2.75, 3.05) is 0 Å². The number of halogens is 1. The lowest BCUT2D eigenvalue weighted by Crippen LogP contribution is -2.12. The van der Waals surface area contributed by atoms with Gasteiger partial charge in [0.25, 0.3) is 0 Å². The van der Waals surface area contributed by atoms with Gasteiger partial charge in [-0.2, -0.15) is 0 Å². The molecule has 19 heavy (non-hydrogen) atoms. The summed E-state index contributed by atoms with van der Waals surface area (Å²) in [5.41, 5.74) is 2.15. The fourth-order valence-electron chi connectivity index (χ4n) is 1.72. The monoisotopic (exact) mass is 322 g/mol. The van der Waals surface area contributed by atoms with Gasteiger partial charge in [-0.15, -0.1) is 0 Å². The summed E-state index contributed by atoms with van der Waals surface area (Å²) in [6, 6.07) is 5.78. The van der Waals surface area contributed by atoms with Gasteiger partial charge in [0.1, 0.15) is 5.82 Å². The van der Waals surface area contributed by atoms with E-state index in [-0.39, 0.29) is 6.10 Å². The van der Waals surface area contributed by atoms with E-state index in [1.165, 1.54) is 0 Å². The van der Waals surface area contributed by atoms with E-state index in [1.807, 2.05) is 25.1 Å². The minimum atomic E-state index is -0.395. The van der Waals surface area contributed by atoms with Gasteiger partial charge in [0.2, 0.25) is 0 Å². The molecule has 0 amide bonds. The number of hydrogen-bond donors (Lipinski definition) is 1. The number of fused-ring (bicyclic) bond motifs is 1. The Balaban J connectivity index is 2.30. The first-order valence-corrected chi connectivity index (χ1v) is 6.82. The van der Waals surface area contributed by atoms with Crippen LogP contribution in [0.3, 0.4) is 0 Å². The SMILES string of the molecule is C=C(C)C(=O)OC(CC)c1nc2ccc(Br)cc2[nH]1. The Hall–Kier alpha value is -1.62. The van der Waals surface area contributed by atoms with E-state index in [9.17, 15) is 4.79 Å². The molecule has 0 radical (unpaired) electrons. The zero-order chi connectivity index (χ0) is 14.0. The van der Waals surface area contributed by atoms with Crippen LogP contribution in [0.4, 0.5) is 0 Å².